The van der Waals surface area contributed by atoms with Crippen molar-refractivity contribution in [3.63, 3.8) is 0 Å². The van der Waals surface area contributed by atoms with Crippen molar-refractivity contribution < 1.29 is 14.1 Å². The van der Waals surface area contributed by atoms with Crippen molar-refractivity contribution >= 4 is 5.91 Å². The van der Waals surface area contributed by atoms with Crippen molar-refractivity contribution in [1.29, 1.82) is 0 Å². The number of carbonyl (C=O) groups excluding carboxylic acids is 1. The highest BCUT2D eigenvalue weighted by atomic mass is 16.5. The van der Waals surface area contributed by atoms with Crippen molar-refractivity contribution in [2.45, 2.75) is 65.5 Å². The third kappa shape index (κ3) is 6.08. The van der Waals surface area contributed by atoms with E-state index >= 15 is 0 Å². The molecule has 1 amide bonds. The molecule has 1 aliphatic rings. The van der Waals surface area contributed by atoms with Gasteiger partial charge >= 0.3 is 0 Å². The molecule has 25 heavy (non-hydrogen) atoms. The fraction of sp³-hybridized carbons (Fsp3) is 0.833. The van der Waals surface area contributed by atoms with Crippen LogP contribution in [0, 0.1) is 5.92 Å². The van der Waals surface area contributed by atoms with Crippen LogP contribution < -0.4 is 5.32 Å². The zero-order valence-electron chi connectivity index (χ0n) is 16.0. The maximum absolute atomic E-state index is 12.3. The molecule has 2 heterocycles. The number of piperidine rings is 1. The maximum Gasteiger partial charge on any atom is 0.243 e. The minimum absolute atomic E-state index is 0.100. The van der Waals surface area contributed by atoms with E-state index in [1.807, 2.05) is 20.8 Å². The fourth-order valence-corrected chi connectivity index (χ4v) is 3.03. The molecule has 1 aliphatic heterocycles. The predicted octanol–water partition coefficient (Wildman–Crippen LogP) is 2.34. The lowest BCUT2D eigenvalue weighted by atomic mass is 9.95. The van der Waals surface area contributed by atoms with Gasteiger partial charge in [0.1, 0.15) is 0 Å². The predicted molar refractivity (Wildman–Crippen MR) is 95.1 cm³/mol. The van der Waals surface area contributed by atoms with E-state index in [2.05, 4.69) is 27.3 Å². The van der Waals surface area contributed by atoms with E-state index in [4.69, 9.17) is 9.26 Å². The van der Waals surface area contributed by atoms with E-state index in [0.29, 0.717) is 19.0 Å². The lowest BCUT2D eigenvalue weighted by molar-refractivity contribution is -0.126. The highest BCUT2D eigenvalue weighted by molar-refractivity contribution is 5.78. The Labute approximate surface area is 150 Å². The highest BCUT2D eigenvalue weighted by Gasteiger charge is 2.29. The van der Waals surface area contributed by atoms with Gasteiger partial charge in [-0.25, -0.2) is 0 Å². The molecule has 0 radical (unpaired) electrons. The van der Waals surface area contributed by atoms with Crippen LogP contribution in [-0.2, 0) is 16.0 Å². The molecule has 0 aliphatic carbocycles. The Morgan fingerprint density at radius 3 is 2.68 bits per heavy atom. The molecule has 142 valence electrons. The highest BCUT2D eigenvalue weighted by Crippen LogP contribution is 2.25. The van der Waals surface area contributed by atoms with Gasteiger partial charge in [-0.3, -0.25) is 9.69 Å². The van der Waals surface area contributed by atoms with Crippen LogP contribution in [0.5, 0.6) is 0 Å². The Bertz CT molecular complexity index is 524. The number of amides is 1. The smallest absolute Gasteiger partial charge is 0.243 e. The number of nitrogens with zero attached hydrogens (tertiary/aromatic N) is 3. The van der Waals surface area contributed by atoms with Crippen molar-refractivity contribution in [3.8, 4) is 0 Å². The Morgan fingerprint density at radius 1 is 1.36 bits per heavy atom. The molecule has 7 nitrogen and oxygen atoms in total. The summed E-state index contributed by atoms with van der Waals surface area (Å²) in [7, 11) is 0. The molecule has 7 heteroatoms. The second kappa shape index (κ2) is 9.87. The molecule has 1 fully saturated rings. The number of rotatable bonds is 9. The third-order valence-electron chi connectivity index (χ3n) is 4.68. The molecule has 2 rings (SSSR count). The minimum Gasteiger partial charge on any atom is -0.379 e. The molecule has 1 unspecified atom stereocenters. The zero-order chi connectivity index (χ0) is 18.2. The van der Waals surface area contributed by atoms with Gasteiger partial charge in [-0.2, -0.15) is 4.98 Å². The molecule has 1 aromatic heterocycles. The first kappa shape index (κ1) is 19.8. The van der Waals surface area contributed by atoms with Gasteiger partial charge in [-0.15, -0.1) is 0 Å². The van der Waals surface area contributed by atoms with E-state index in [1.54, 1.807) is 0 Å². The van der Waals surface area contributed by atoms with E-state index in [-0.39, 0.29) is 24.0 Å². The van der Waals surface area contributed by atoms with Crippen LogP contribution in [-0.4, -0.2) is 53.3 Å². The number of ether oxygens (including phenoxy) is 1. The molecule has 1 atom stereocenters. The molecular formula is C18H32N4O3. The quantitative estimate of drug-likeness (QED) is 0.687. The number of aryl methyl sites for hydroxylation is 1. The monoisotopic (exact) mass is 352 g/mol. The largest absolute Gasteiger partial charge is 0.379 e. The topological polar surface area (TPSA) is 80.5 Å². The second-order valence-electron chi connectivity index (χ2n) is 6.95. The van der Waals surface area contributed by atoms with Crippen LogP contribution in [0.2, 0.25) is 0 Å². The number of aromatic nitrogens is 2. The number of nitrogens with one attached hydrogen (secondary N) is 1. The Morgan fingerprint density at radius 2 is 2.08 bits per heavy atom. The molecule has 1 aromatic rings. The zero-order valence-corrected chi connectivity index (χ0v) is 16.0. The van der Waals surface area contributed by atoms with Crippen LogP contribution >= 0.6 is 0 Å². The average molecular weight is 352 g/mol. The summed E-state index contributed by atoms with van der Waals surface area (Å²) in [6.45, 7) is 11.3. The van der Waals surface area contributed by atoms with Gasteiger partial charge in [0.05, 0.1) is 12.1 Å². The van der Waals surface area contributed by atoms with Crippen molar-refractivity contribution in [2.24, 2.45) is 5.92 Å². The third-order valence-corrected chi connectivity index (χ3v) is 4.68. The van der Waals surface area contributed by atoms with Crippen molar-refractivity contribution in [3.05, 3.63) is 11.7 Å². The molecule has 1 N–H and O–H groups in total. The summed E-state index contributed by atoms with van der Waals surface area (Å²) in [5, 5.41) is 7.00. The number of hydrogen-bond donors (Lipinski definition) is 1. The lowest BCUT2D eigenvalue weighted by Crippen LogP contribution is -2.41. The Balaban J connectivity index is 1.69. The molecule has 1 saturated heterocycles. The van der Waals surface area contributed by atoms with E-state index in [1.165, 1.54) is 0 Å². The standard InChI is InChI=1S/C18H32N4O3/c1-5-16-20-18(25-21-16)14(4)22-10-7-15(8-11-22)17(23)19-9-6-12-24-13(2)3/h13-15H,5-12H2,1-4H3,(H,19,23). The average Bonchev–Trinajstić information content (AvgIpc) is 3.09. The maximum atomic E-state index is 12.3. The number of likely N-dealkylation sites (tertiary alicyclic amines) is 1. The summed E-state index contributed by atoms with van der Waals surface area (Å²) >= 11 is 0. The first-order valence-corrected chi connectivity index (χ1v) is 9.47. The summed E-state index contributed by atoms with van der Waals surface area (Å²) < 4.78 is 10.8. The Hall–Kier alpha value is -1.47. The molecular weight excluding hydrogens is 320 g/mol. The van der Waals surface area contributed by atoms with Gasteiger partial charge in [-0.1, -0.05) is 12.1 Å². The summed E-state index contributed by atoms with van der Waals surface area (Å²) in [6.07, 6.45) is 3.62. The van der Waals surface area contributed by atoms with Crippen LogP contribution in [0.15, 0.2) is 4.52 Å². The van der Waals surface area contributed by atoms with Gasteiger partial charge < -0.3 is 14.6 Å². The van der Waals surface area contributed by atoms with E-state index in [0.717, 1.165) is 44.6 Å². The molecule has 0 spiro atoms. The lowest BCUT2D eigenvalue weighted by Gasteiger charge is -2.33. The van der Waals surface area contributed by atoms with Crippen LogP contribution in [0.1, 0.15) is 64.7 Å². The summed E-state index contributed by atoms with van der Waals surface area (Å²) in [5.74, 6) is 1.69. The number of hydrogen-bond acceptors (Lipinski definition) is 6. The van der Waals surface area contributed by atoms with Gasteiger partial charge in [0, 0.05) is 25.5 Å². The van der Waals surface area contributed by atoms with Gasteiger partial charge in [-0.05, 0) is 53.1 Å². The van der Waals surface area contributed by atoms with E-state index < -0.39 is 0 Å². The van der Waals surface area contributed by atoms with E-state index in [9.17, 15) is 4.79 Å². The van der Waals surface area contributed by atoms with Crippen LogP contribution in [0.4, 0.5) is 0 Å². The van der Waals surface area contributed by atoms with Crippen LogP contribution in [0.25, 0.3) is 0 Å². The fourth-order valence-electron chi connectivity index (χ4n) is 3.03. The minimum atomic E-state index is 0.100. The number of carbonyl (C=O) groups is 1. The SMILES string of the molecule is CCc1noc(C(C)N2CCC(C(=O)NCCCOC(C)C)CC2)n1. The molecule has 0 bridgehead atoms. The molecule has 0 saturated carbocycles. The molecule has 0 aromatic carbocycles. The Kier molecular flexibility index (Phi) is 7.84. The van der Waals surface area contributed by atoms with Crippen molar-refractivity contribution in [2.75, 3.05) is 26.2 Å². The first-order valence-electron chi connectivity index (χ1n) is 9.47. The van der Waals surface area contributed by atoms with Gasteiger partial charge in [0.15, 0.2) is 5.82 Å². The van der Waals surface area contributed by atoms with Gasteiger partial charge in [0.2, 0.25) is 11.8 Å². The summed E-state index contributed by atoms with van der Waals surface area (Å²) in [4.78, 5) is 19.0. The first-order chi connectivity index (χ1) is 12.0. The summed E-state index contributed by atoms with van der Waals surface area (Å²) in [6, 6.07) is 0.102. The normalized spacial score (nSPS) is 17.8. The van der Waals surface area contributed by atoms with Crippen molar-refractivity contribution in [1.82, 2.24) is 20.4 Å². The van der Waals surface area contributed by atoms with Crippen LogP contribution in [0.3, 0.4) is 0 Å². The van der Waals surface area contributed by atoms with Gasteiger partial charge in [0.25, 0.3) is 0 Å². The second-order valence-corrected chi connectivity index (χ2v) is 6.95. The summed E-state index contributed by atoms with van der Waals surface area (Å²) in [5.41, 5.74) is 0.